The standard InChI is InChI=1S/C12H9F2NO2S/c1-5-9(10(12(16)17)11(15)18-5)6-2-3-7(13)8(14)4-6/h2-4H,15H2,1H3,(H,16,17). The van der Waals surface area contributed by atoms with E-state index in [0.717, 1.165) is 23.5 Å². The van der Waals surface area contributed by atoms with Crippen LogP contribution in [0.3, 0.4) is 0 Å². The summed E-state index contributed by atoms with van der Waals surface area (Å²) in [6, 6.07) is 3.26. The third-order valence-corrected chi connectivity index (χ3v) is 3.47. The van der Waals surface area contributed by atoms with Gasteiger partial charge in [-0.2, -0.15) is 0 Å². The normalized spacial score (nSPS) is 10.6. The molecule has 1 aromatic heterocycles. The van der Waals surface area contributed by atoms with Gasteiger partial charge in [-0.05, 0) is 24.6 Å². The Balaban J connectivity index is 2.70. The van der Waals surface area contributed by atoms with Crippen LogP contribution in [0.5, 0.6) is 0 Å². The third kappa shape index (κ3) is 1.95. The number of nitrogens with two attached hydrogens (primary N) is 1. The average molecular weight is 269 g/mol. The van der Waals surface area contributed by atoms with Crippen molar-refractivity contribution >= 4 is 22.3 Å². The Hall–Kier alpha value is -1.95. The van der Waals surface area contributed by atoms with Gasteiger partial charge in [0.05, 0.1) is 0 Å². The minimum absolute atomic E-state index is 0.0662. The number of carboxylic acids is 1. The summed E-state index contributed by atoms with van der Waals surface area (Å²) in [4.78, 5) is 11.8. The van der Waals surface area contributed by atoms with Gasteiger partial charge in [-0.15, -0.1) is 11.3 Å². The molecule has 3 N–H and O–H groups in total. The van der Waals surface area contributed by atoms with E-state index in [2.05, 4.69) is 0 Å². The van der Waals surface area contributed by atoms with Gasteiger partial charge in [-0.1, -0.05) is 6.07 Å². The average Bonchev–Trinajstić information content (AvgIpc) is 2.57. The minimum atomic E-state index is -1.18. The summed E-state index contributed by atoms with van der Waals surface area (Å²) in [5, 5.41) is 9.26. The predicted octanol–water partition coefficient (Wildman–Crippen LogP) is 3.28. The highest BCUT2D eigenvalue weighted by Crippen LogP contribution is 2.38. The van der Waals surface area contributed by atoms with Gasteiger partial charge in [0.1, 0.15) is 10.6 Å². The number of halogens is 2. The Kier molecular flexibility index (Phi) is 3.04. The van der Waals surface area contributed by atoms with Crippen LogP contribution in [0.4, 0.5) is 13.8 Å². The molecule has 0 aliphatic carbocycles. The number of rotatable bonds is 2. The highest BCUT2D eigenvalue weighted by atomic mass is 32.1. The minimum Gasteiger partial charge on any atom is -0.478 e. The van der Waals surface area contributed by atoms with Crippen LogP contribution in [0.25, 0.3) is 11.1 Å². The Labute approximate surface area is 105 Å². The van der Waals surface area contributed by atoms with Crippen molar-refractivity contribution in [3.8, 4) is 11.1 Å². The lowest BCUT2D eigenvalue weighted by atomic mass is 10.0. The lowest BCUT2D eigenvalue weighted by Crippen LogP contribution is -2.01. The second kappa shape index (κ2) is 4.38. The number of nitrogen functional groups attached to an aromatic ring is 1. The first kappa shape index (κ1) is 12.5. The molecule has 0 amide bonds. The molecule has 0 unspecified atom stereocenters. The maximum atomic E-state index is 13.2. The molecule has 0 saturated heterocycles. The first-order valence-electron chi connectivity index (χ1n) is 4.99. The molecule has 0 fully saturated rings. The number of anilines is 1. The molecule has 6 heteroatoms. The van der Waals surface area contributed by atoms with Crippen molar-refractivity contribution in [1.29, 1.82) is 0 Å². The summed E-state index contributed by atoms with van der Waals surface area (Å²) in [5.74, 6) is -3.18. The summed E-state index contributed by atoms with van der Waals surface area (Å²) in [7, 11) is 0. The zero-order valence-electron chi connectivity index (χ0n) is 9.33. The van der Waals surface area contributed by atoms with E-state index in [4.69, 9.17) is 10.8 Å². The molecule has 0 bridgehead atoms. The van der Waals surface area contributed by atoms with Crippen LogP contribution in [-0.4, -0.2) is 11.1 Å². The number of aryl methyl sites for hydroxylation is 1. The van der Waals surface area contributed by atoms with Crippen molar-refractivity contribution in [3.63, 3.8) is 0 Å². The zero-order chi connectivity index (χ0) is 13.4. The smallest absolute Gasteiger partial charge is 0.339 e. The summed E-state index contributed by atoms with van der Waals surface area (Å²) < 4.78 is 26.1. The number of hydrogen-bond acceptors (Lipinski definition) is 3. The van der Waals surface area contributed by atoms with Gasteiger partial charge in [-0.25, -0.2) is 13.6 Å². The van der Waals surface area contributed by atoms with Crippen molar-refractivity contribution in [2.24, 2.45) is 0 Å². The van der Waals surface area contributed by atoms with Gasteiger partial charge in [0.25, 0.3) is 0 Å². The van der Waals surface area contributed by atoms with Crippen LogP contribution in [0.2, 0.25) is 0 Å². The van der Waals surface area contributed by atoms with Crippen molar-refractivity contribution in [3.05, 3.63) is 40.3 Å². The molecule has 0 saturated carbocycles. The maximum Gasteiger partial charge on any atom is 0.339 e. The maximum absolute atomic E-state index is 13.2. The van der Waals surface area contributed by atoms with Crippen LogP contribution in [0.15, 0.2) is 18.2 Å². The lowest BCUT2D eigenvalue weighted by molar-refractivity contribution is 0.0699. The summed E-state index contributed by atoms with van der Waals surface area (Å²) >= 11 is 1.11. The quantitative estimate of drug-likeness (QED) is 0.879. The van der Waals surface area contributed by atoms with E-state index in [1.165, 1.54) is 6.07 Å². The van der Waals surface area contributed by atoms with E-state index in [1.54, 1.807) is 6.92 Å². The summed E-state index contributed by atoms with van der Waals surface area (Å²) in [5.41, 5.74) is 6.19. The number of aromatic carboxylic acids is 1. The van der Waals surface area contributed by atoms with Gasteiger partial charge >= 0.3 is 5.97 Å². The largest absolute Gasteiger partial charge is 0.478 e. The molecule has 2 rings (SSSR count). The molecule has 3 nitrogen and oxygen atoms in total. The summed E-state index contributed by atoms with van der Waals surface area (Å²) in [6.07, 6.45) is 0. The predicted molar refractivity (Wildman–Crippen MR) is 65.8 cm³/mol. The van der Waals surface area contributed by atoms with Crippen LogP contribution in [0.1, 0.15) is 15.2 Å². The van der Waals surface area contributed by atoms with E-state index in [9.17, 15) is 13.6 Å². The Morgan fingerprint density at radius 3 is 2.56 bits per heavy atom. The third-order valence-electron chi connectivity index (χ3n) is 2.53. The molecule has 0 radical (unpaired) electrons. The van der Waals surface area contributed by atoms with Gasteiger partial charge < -0.3 is 10.8 Å². The fourth-order valence-corrected chi connectivity index (χ4v) is 2.72. The number of thiophene rings is 1. The SMILES string of the molecule is Cc1sc(N)c(C(=O)O)c1-c1ccc(F)c(F)c1. The Morgan fingerprint density at radius 1 is 1.33 bits per heavy atom. The topological polar surface area (TPSA) is 63.3 Å². The summed E-state index contributed by atoms with van der Waals surface area (Å²) in [6.45, 7) is 1.68. The lowest BCUT2D eigenvalue weighted by Gasteiger charge is -2.04. The molecule has 1 aromatic carbocycles. The fraction of sp³-hybridized carbons (Fsp3) is 0.0833. The van der Waals surface area contributed by atoms with Crippen LogP contribution < -0.4 is 5.73 Å². The molecular formula is C12H9F2NO2S. The number of hydrogen-bond donors (Lipinski definition) is 2. The molecule has 0 spiro atoms. The highest BCUT2D eigenvalue weighted by Gasteiger charge is 2.21. The molecule has 0 atom stereocenters. The molecule has 2 aromatic rings. The molecule has 94 valence electrons. The van der Waals surface area contributed by atoms with Crippen LogP contribution in [0, 0.1) is 18.6 Å². The van der Waals surface area contributed by atoms with Crippen molar-refractivity contribution in [2.75, 3.05) is 5.73 Å². The zero-order valence-corrected chi connectivity index (χ0v) is 10.1. The van der Waals surface area contributed by atoms with E-state index in [1.807, 2.05) is 0 Å². The number of carbonyl (C=O) groups is 1. The number of carboxylic acid groups (broad SMARTS) is 1. The van der Waals surface area contributed by atoms with Gasteiger partial charge in [-0.3, -0.25) is 0 Å². The van der Waals surface area contributed by atoms with E-state index < -0.39 is 17.6 Å². The van der Waals surface area contributed by atoms with Crippen LogP contribution >= 0.6 is 11.3 Å². The van der Waals surface area contributed by atoms with E-state index >= 15 is 0 Å². The molecule has 0 aliphatic heterocycles. The fourth-order valence-electron chi connectivity index (χ4n) is 1.78. The Bertz CT molecular complexity index is 637. The van der Waals surface area contributed by atoms with Crippen molar-refractivity contribution in [1.82, 2.24) is 0 Å². The molecule has 18 heavy (non-hydrogen) atoms. The Morgan fingerprint density at radius 2 is 2.00 bits per heavy atom. The monoisotopic (exact) mass is 269 g/mol. The highest BCUT2D eigenvalue weighted by molar-refractivity contribution is 7.16. The van der Waals surface area contributed by atoms with E-state index in [-0.39, 0.29) is 10.6 Å². The number of benzene rings is 1. The van der Waals surface area contributed by atoms with Gasteiger partial charge in [0.15, 0.2) is 11.6 Å². The van der Waals surface area contributed by atoms with E-state index in [0.29, 0.717) is 16.0 Å². The van der Waals surface area contributed by atoms with Gasteiger partial charge in [0.2, 0.25) is 0 Å². The first-order chi connectivity index (χ1) is 8.41. The van der Waals surface area contributed by atoms with Crippen molar-refractivity contribution < 1.29 is 18.7 Å². The first-order valence-corrected chi connectivity index (χ1v) is 5.81. The second-order valence-corrected chi connectivity index (χ2v) is 4.96. The van der Waals surface area contributed by atoms with Crippen LogP contribution in [-0.2, 0) is 0 Å². The van der Waals surface area contributed by atoms with Crippen molar-refractivity contribution in [2.45, 2.75) is 6.92 Å². The molecule has 1 heterocycles. The molecule has 0 aliphatic rings. The second-order valence-electron chi connectivity index (χ2n) is 3.71. The molecular weight excluding hydrogens is 260 g/mol. The van der Waals surface area contributed by atoms with Gasteiger partial charge in [0, 0.05) is 10.4 Å².